The summed E-state index contributed by atoms with van der Waals surface area (Å²) < 4.78 is 0. The number of hydrogen-bond acceptors (Lipinski definition) is 4. The van der Waals surface area contributed by atoms with Gasteiger partial charge in [-0.25, -0.2) is 0 Å². The number of rotatable bonds is 4. The molecule has 0 aliphatic carbocycles. The highest BCUT2D eigenvalue weighted by Gasteiger charge is 2.04. The summed E-state index contributed by atoms with van der Waals surface area (Å²) in [6.07, 6.45) is 1.76. The lowest BCUT2D eigenvalue weighted by Gasteiger charge is -2.11. The van der Waals surface area contributed by atoms with Gasteiger partial charge in [-0.1, -0.05) is 18.2 Å². The first-order valence-corrected chi connectivity index (χ1v) is 4.22. The van der Waals surface area contributed by atoms with Crippen molar-refractivity contribution in [2.75, 3.05) is 0 Å². The normalized spacial score (nSPS) is 9.60. The van der Waals surface area contributed by atoms with Gasteiger partial charge in [0.2, 0.25) is 0 Å². The van der Waals surface area contributed by atoms with Crippen LogP contribution in [0.25, 0.3) is 0 Å². The maximum atomic E-state index is 10.7. The molecule has 0 heterocycles. The highest BCUT2D eigenvalue weighted by molar-refractivity contribution is 5.91. The monoisotopic (exact) mass is 204 g/mol. The van der Waals surface area contributed by atoms with Gasteiger partial charge in [-0.15, -0.1) is 6.58 Å². The lowest BCUT2D eigenvalue weighted by molar-refractivity contribution is -0.256. The Kier molecular flexibility index (Phi) is 3.23. The largest absolute Gasteiger partial charge is 0.545 e. The van der Waals surface area contributed by atoms with E-state index >= 15 is 0 Å². The second kappa shape index (κ2) is 4.41. The maximum Gasteiger partial charge on any atom is 0.0718 e. The zero-order chi connectivity index (χ0) is 11.4. The molecule has 0 saturated carbocycles. The highest BCUT2D eigenvalue weighted by atomic mass is 16.4. The number of carbonyl (C=O) groups is 2. The van der Waals surface area contributed by atoms with Gasteiger partial charge in [-0.05, 0) is 23.6 Å². The number of benzene rings is 1. The van der Waals surface area contributed by atoms with E-state index < -0.39 is 11.9 Å². The van der Waals surface area contributed by atoms with E-state index in [2.05, 4.69) is 6.58 Å². The molecule has 0 saturated heterocycles. The lowest BCUT2D eigenvalue weighted by atomic mass is 10.0. The fraction of sp³-hybridized carbons (Fsp3) is 0.0909. The van der Waals surface area contributed by atoms with E-state index in [1.807, 2.05) is 0 Å². The highest BCUT2D eigenvalue weighted by Crippen LogP contribution is 2.12. The molecule has 15 heavy (non-hydrogen) atoms. The van der Waals surface area contributed by atoms with Gasteiger partial charge in [-0.2, -0.15) is 0 Å². The quantitative estimate of drug-likeness (QED) is 0.598. The number of allylic oxidation sites excluding steroid dienone is 1. The van der Waals surface area contributed by atoms with Crippen molar-refractivity contribution in [1.29, 1.82) is 0 Å². The van der Waals surface area contributed by atoms with Crippen LogP contribution in [0, 0.1) is 0 Å². The van der Waals surface area contributed by atoms with Crippen molar-refractivity contribution >= 4 is 11.9 Å². The number of aromatic carboxylic acids is 2. The molecule has 0 amide bonds. The van der Waals surface area contributed by atoms with Gasteiger partial charge < -0.3 is 19.8 Å². The summed E-state index contributed by atoms with van der Waals surface area (Å²) >= 11 is 0. The molecule has 78 valence electrons. The minimum atomic E-state index is -1.34. The van der Waals surface area contributed by atoms with E-state index in [-0.39, 0.29) is 17.5 Å². The molecule has 0 aliphatic rings. The second-order valence-electron chi connectivity index (χ2n) is 2.94. The summed E-state index contributed by atoms with van der Waals surface area (Å²) in [7, 11) is 0. The smallest absolute Gasteiger partial charge is 0.0718 e. The van der Waals surface area contributed by atoms with E-state index in [4.69, 9.17) is 0 Å². The van der Waals surface area contributed by atoms with Crippen molar-refractivity contribution in [2.45, 2.75) is 6.42 Å². The fourth-order valence-corrected chi connectivity index (χ4v) is 1.24. The van der Waals surface area contributed by atoms with Crippen LogP contribution in [0.2, 0.25) is 0 Å². The Hall–Kier alpha value is -2.10. The van der Waals surface area contributed by atoms with Gasteiger partial charge in [0.25, 0.3) is 0 Å². The van der Waals surface area contributed by atoms with Crippen molar-refractivity contribution < 1.29 is 19.8 Å². The van der Waals surface area contributed by atoms with E-state index in [0.717, 1.165) is 0 Å². The van der Waals surface area contributed by atoms with Crippen LogP contribution in [-0.2, 0) is 6.42 Å². The lowest BCUT2D eigenvalue weighted by Crippen LogP contribution is -2.26. The first-order chi connectivity index (χ1) is 7.06. The number of hydrogen-bond donors (Lipinski definition) is 0. The molecule has 0 aliphatic heterocycles. The maximum absolute atomic E-state index is 10.7. The van der Waals surface area contributed by atoms with Gasteiger partial charge >= 0.3 is 0 Å². The zero-order valence-electron chi connectivity index (χ0n) is 7.86. The Morgan fingerprint density at radius 1 is 1.27 bits per heavy atom. The summed E-state index contributed by atoms with van der Waals surface area (Å²) in [5, 5.41) is 21.2. The molecule has 1 aromatic carbocycles. The summed E-state index contributed by atoms with van der Waals surface area (Å²) in [6, 6.07) is 3.62. The summed E-state index contributed by atoms with van der Waals surface area (Å²) in [5.41, 5.74) is 0.267. The molecular formula is C11H8O4-2. The van der Waals surface area contributed by atoms with Crippen LogP contribution in [0.5, 0.6) is 0 Å². The van der Waals surface area contributed by atoms with Crippen molar-refractivity contribution in [3.8, 4) is 0 Å². The third-order valence-corrected chi connectivity index (χ3v) is 1.93. The van der Waals surface area contributed by atoms with Crippen LogP contribution in [0.4, 0.5) is 0 Å². The molecule has 4 nitrogen and oxygen atoms in total. The number of carboxylic acid groups (broad SMARTS) is 2. The summed E-state index contributed by atoms with van der Waals surface area (Å²) in [5.74, 6) is -2.68. The standard InChI is InChI=1S/C11H10O4/c1-2-3-7-6-8(10(12)13)4-5-9(7)11(14)15/h2,4-6H,1,3H2,(H,12,13)(H,14,15)/p-2. The summed E-state index contributed by atoms with van der Waals surface area (Å²) in [4.78, 5) is 21.2. The Morgan fingerprint density at radius 3 is 2.40 bits per heavy atom. The molecule has 0 N–H and O–H groups in total. The predicted octanol–water partition coefficient (Wildman–Crippen LogP) is -0.858. The van der Waals surface area contributed by atoms with E-state index in [9.17, 15) is 19.8 Å². The molecule has 0 bridgehead atoms. The SMILES string of the molecule is C=CCc1cc(C(=O)[O-])ccc1C(=O)[O-]. The molecule has 4 heteroatoms. The van der Waals surface area contributed by atoms with Crippen LogP contribution in [0.1, 0.15) is 26.3 Å². The molecule has 0 spiro atoms. The zero-order valence-corrected chi connectivity index (χ0v) is 7.86. The predicted molar refractivity (Wildman–Crippen MR) is 49.0 cm³/mol. The first kappa shape index (κ1) is 11.0. The molecular weight excluding hydrogens is 196 g/mol. The van der Waals surface area contributed by atoms with Crippen LogP contribution in [0.15, 0.2) is 30.9 Å². The van der Waals surface area contributed by atoms with E-state index in [1.54, 1.807) is 0 Å². The number of carbonyl (C=O) groups excluding carboxylic acids is 2. The van der Waals surface area contributed by atoms with E-state index in [0.29, 0.717) is 5.56 Å². The first-order valence-electron chi connectivity index (χ1n) is 4.22. The average molecular weight is 204 g/mol. The van der Waals surface area contributed by atoms with Gasteiger partial charge in [0.15, 0.2) is 0 Å². The van der Waals surface area contributed by atoms with Crippen LogP contribution in [-0.4, -0.2) is 11.9 Å². The van der Waals surface area contributed by atoms with Gasteiger partial charge in [0.05, 0.1) is 11.9 Å². The Bertz CT molecular complexity index is 421. The molecule has 0 aromatic heterocycles. The minimum Gasteiger partial charge on any atom is -0.545 e. The fourth-order valence-electron chi connectivity index (χ4n) is 1.24. The Labute approximate surface area is 86.5 Å². The molecule has 0 unspecified atom stereocenters. The Morgan fingerprint density at radius 2 is 1.93 bits per heavy atom. The molecule has 1 rings (SSSR count). The van der Waals surface area contributed by atoms with Gasteiger partial charge in [-0.3, -0.25) is 0 Å². The van der Waals surface area contributed by atoms with Crippen molar-refractivity contribution in [2.24, 2.45) is 0 Å². The molecule has 1 aromatic rings. The molecule has 0 fully saturated rings. The Balaban J connectivity index is 3.25. The third-order valence-electron chi connectivity index (χ3n) is 1.93. The third kappa shape index (κ3) is 2.43. The topological polar surface area (TPSA) is 80.3 Å². The molecule has 0 atom stereocenters. The van der Waals surface area contributed by atoms with Gasteiger partial charge in [0, 0.05) is 5.56 Å². The van der Waals surface area contributed by atoms with Crippen LogP contribution >= 0.6 is 0 Å². The van der Waals surface area contributed by atoms with Crippen molar-refractivity contribution in [3.05, 3.63) is 47.5 Å². The number of carboxylic acids is 2. The second-order valence-corrected chi connectivity index (χ2v) is 2.94. The van der Waals surface area contributed by atoms with Gasteiger partial charge in [0.1, 0.15) is 0 Å². The minimum absolute atomic E-state index is 0.0279. The van der Waals surface area contributed by atoms with E-state index in [1.165, 1.54) is 24.3 Å². The average Bonchev–Trinajstić information content (AvgIpc) is 2.17. The van der Waals surface area contributed by atoms with Crippen molar-refractivity contribution in [3.63, 3.8) is 0 Å². The summed E-state index contributed by atoms with van der Waals surface area (Å²) in [6.45, 7) is 3.45. The van der Waals surface area contributed by atoms with Crippen LogP contribution in [0.3, 0.4) is 0 Å². The molecule has 0 radical (unpaired) electrons. The van der Waals surface area contributed by atoms with Crippen LogP contribution < -0.4 is 10.2 Å². The van der Waals surface area contributed by atoms with Crippen molar-refractivity contribution in [1.82, 2.24) is 0 Å².